The van der Waals surface area contributed by atoms with Gasteiger partial charge in [-0.15, -0.1) is 0 Å². The van der Waals surface area contributed by atoms with Crippen LogP contribution in [0.15, 0.2) is 24.3 Å². The summed E-state index contributed by atoms with van der Waals surface area (Å²) in [6.07, 6.45) is 0.593. The zero-order valence-electron chi connectivity index (χ0n) is 11.2. The fourth-order valence-electron chi connectivity index (χ4n) is 1.85. The summed E-state index contributed by atoms with van der Waals surface area (Å²) >= 11 is 0. The van der Waals surface area contributed by atoms with Crippen molar-refractivity contribution in [2.75, 3.05) is 20.2 Å². The maximum Gasteiger partial charge on any atom is 0.320 e. The molecular formula is C14H21NO3. The highest BCUT2D eigenvalue weighted by atomic mass is 16.5. The largest absolute Gasteiger partial charge is 0.492 e. The van der Waals surface area contributed by atoms with Crippen LogP contribution in [-0.2, 0) is 4.79 Å². The summed E-state index contributed by atoms with van der Waals surface area (Å²) in [4.78, 5) is 12.8. The number of nitrogens with zero attached hydrogens (tertiary/aromatic N) is 1. The zero-order chi connectivity index (χ0) is 13.5. The van der Waals surface area contributed by atoms with E-state index in [1.54, 1.807) is 4.90 Å². The van der Waals surface area contributed by atoms with Gasteiger partial charge in [-0.25, -0.2) is 0 Å². The molecule has 18 heavy (non-hydrogen) atoms. The molecule has 0 aliphatic heterocycles. The van der Waals surface area contributed by atoms with E-state index >= 15 is 0 Å². The van der Waals surface area contributed by atoms with Gasteiger partial charge in [-0.2, -0.15) is 0 Å². The number of aryl methyl sites for hydroxylation is 1. The minimum absolute atomic E-state index is 0.439. The quantitative estimate of drug-likeness (QED) is 0.807. The monoisotopic (exact) mass is 251 g/mol. The molecule has 0 saturated carbocycles. The molecule has 4 nitrogen and oxygen atoms in total. The van der Waals surface area contributed by atoms with Crippen molar-refractivity contribution in [1.29, 1.82) is 0 Å². The minimum atomic E-state index is -0.782. The van der Waals surface area contributed by atoms with Crippen molar-refractivity contribution in [3.63, 3.8) is 0 Å². The Hall–Kier alpha value is -1.55. The Kier molecular flexibility index (Phi) is 5.65. The van der Waals surface area contributed by atoms with Crippen LogP contribution in [0.5, 0.6) is 5.75 Å². The Balaban J connectivity index is 2.42. The Morgan fingerprint density at radius 1 is 1.44 bits per heavy atom. The fourth-order valence-corrected chi connectivity index (χ4v) is 1.85. The van der Waals surface area contributed by atoms with Crippen LogP contribution in [0.3, 0.4) is 0 Å². The molecule has 0 aliphatic carbocycles. The number of hydrogen-bond acceptors (Lipinski definition) is 3. The number of ether oxygens (including phenoxy) is 1. The standard InChI is InChI=1S/C14H21NO3/c1-4-12(14(16)17)15(3)9-10-18-13-8-6-5-7-11(13)2/h5-8,12H,4,9-10H2,1-3H3,(H,16,17). The summed E-state index contributed by atoms with van der Waals surface area (Å²) in [5.41, 5.74) is 1.09. The summed E-state index contributed by atoms with van der Waals surface area (Å²) in [7, 11) is 1.81. The van der Waals surface area contributed by atoms with Gasteiger partial charge >= 0.3 is 5.97 Å². The number of carbonyl (C=O) groups is 1. The number of para-hydroxylation sites is 1. The molecule has 0 saturated heterocycles. The summed E-state index contributed by atoms with van der Waals surface area (Å²) < 4.78 is 5.65. The van der Waals surface area contributed by atoms with Crippen LogP contribution >= 0.6 is 0 Å². The molecule has 1 N–H and O–H groups in total. The summed E-state index contributed by atoms with van der Waals surface area (Å²) in [6.45, 7) is 4.95. The van der Waals surface area contributed by atoms with Crippen molar-refractivity contribution < 1.29 is 14.6 Å². The molecule has 0 radical (unpaired) electrons. The van der Waals surface area contributed by atoms with Crippen molar-refractivity contribution in [3.8, 4) is 5.75 Å². The Bertz CT molecular complexity index is 392. The highest BCUT2D eigenvalue weighted by Gasteiger charge is 2.19. The molecule has 100 valence electrons. The van der Waals surface area contributed by atoms with E-state index in [0.717, 1.165) is 11.3 Å². The molecule has 0 aromatic heterocycles. The molecular weight excluding hydrogens is 230 g/mol. The molecule has 1 rings (SSSR count). The number of likely N-dealkylation sites (N-methyl/N-ethyl adjacent to an activating group) is 1. The van der Waals surface area contributed by atoms with Gasteiger partial charge in [0.25, 0.3) is 0 Å². The van der Waals surface area contributed by atoms with Gasteiger partial charge in [0, 0.05) is 6.54 Å². The predicted molar refractivity (Wildman–Crippen MR) is 71.0 cm³/mol. The molecule has 0 fully saturated rings. The maximum atomic E-state index is 11.0. The lowest BCUT2D eigenvalue weighted by Crippen LogP contribution is -2.40. The van der Waals surface area contributed by atoms with Crippen molar-refractivity contribution in [2.45, 2.75) is 26.3 Å². The van der Waals surface area contributed by atoms with E-state index in [2.05, 4.69) is 0 Å². The van der Waals surface area contributed by atoms with Gasteiger partial charge in [0.15, 0.2) is 0 Å². The second kappa shape index (κ2) is 7.01. The van der Waals surface area contributed by atoms with Crippen molar-refractivity contribution >= 4 is 5.97 Å². The van der Waals surface area contributed by atoms with Crippen molar-refractivity contribution in [1.82, 2.24) is 4.90 Å². The van der Waals surface area contributed by atoms with Crippen LogP contribution in [0.2, 0.25) is 0 Å². The number of hydrogen-bond donors (Lipinski definition) is 1. The summed E-state index contributed by atoms with van der Waals surface area (Å²) in [5, 5.41) is 9.02. The minimum Gasteiger partial charge on any atom is -0.492 e. The van der Waals surface area contributed by atoms with Crippen LogP contribution in [0.1, 0.15) is 18.9 Å². The molecule has 1 aromatic carbocycles. The van der Waals surface area contributed by atoms with Gasteiger partial charge in [-0.1, -0.05) is 25.1 Å². The van der Waals surface area contributed by atoms with Gasteiger partial charge in [0.2, 0.25) is 0 Å². The maximum absolute atomic E-state index is 11.0. The number of aliphatic carboxylic acids is 1. The molecule has 1 atom stereocenters. The van der Waals surface area contributed by atoms with E-state index in [9.17, 15) is 4.79 Å². The van der Waals surface area contributed by atoms with Gasteiger partial charge < -0.3 is 9.84 Å². The van der Waals surface area contributed by atoms with E-state index in [4.69, 9.17) is 9.84 Å². The molecule has 0 heterocycles. The second-order valence-electron chi connectivity index (χ2n) is 4.36. The lowest BCUT2D eigenvalue weighted by Gasteiger charge is -2.23. The first-order valence-electron chi connectivity index (χ1n) is 6.17. The molecule has 4 heteroatoms. The Labute approximate surface area is 108 Å². The summed E-state index contributed by atoms with van der Waals surface area (Å²) in [6, 6.07) is 7.37. The smallest absolute Gasteiger partial charge is 0.320 e. The van der Waals surface area contributed by atoms with Crippen LogP contribution in [0.25, 0.3) is 0 Å². The molecule has 0 aliphatic rings. The van der Waals surface area contributed by atoms with Crippen LogP contribution in [-0.4, -0.2) is 42.2 Å². The lowest BCUT2D eigenvalue weighted by atomic mass is 10.2. The van der Waals surface area contributed by atoms with Gasteiger partial charge in [-0.3, -0.25) is 9.69 Å². The topological polar surface area (TPSA) is 49.8 Å². The van der Waals surface area contributed by atoms with Crippen LogP contribution in [0, 0.1) is 6.92 Å². The van der Waals surface area contributed by atoms with Crippen LogP contribution < -0.4 is 4.74 Å². The number of carboxylic acid groups (broad SMARTS) is 1. The SMILES string of the molecule is CCC(C(=O)O)N(C)CCOc1ccccc1C. The first-order chi connectivity index (χ1) is 8.56. The molecule has 1 aromatic rings. The highest BCUT2D eigenvalue weighted by Crippen LogP contribution is 2.16. The normalized spacial score (nSPS) is 12.4. The Morgan fingerprint density at radius 3 is 2.67 bits per heavy atom. The Morgan fingerprint density at radius 2 is 2.11 bits per heavy atom. The molecule has 0 bridgehead atoms. The zero-order valence-corrected chi connectivity index (χ0v) is 11.2. The van der Waals surface area contributed by atoms with Gasteiger partial charge in [-0.05, 0) is 32.0 Å². The van der Waals surface area contributed by atoms with E-state index in [1.165, 1.54) is 0 Å². The van der Waals surface area contributed by atoms with E-state index < -0.39 is 12.0 Å². The third-order valence-electron chi connectivity index (χ3n) is 3.00. The molecule has 1 unspecified atom stereocenters. The van der Waals surface area contributed by atoms with Gasteiger partial charge in [0.1, 0.15) is 18.4 Å². The van der Waals surface area contributed by atoms with Crippen molar-refractivity contribution in [2.24, 2.45) is 0 Å². The summed E-state index contributed by atoms with van der Waals surface area (Å²) in [5.74, 6) is 0.0742. The average Bonchev–Trinajstić information content (AvgIpc) is 2.32. The number of rotatable bonds is 7. The fraction of sp³-hybridized carbons (Fsp3) is 0.500. The number of carboxylic acids is 1. The second-order valence-corrected chi connectivity index (χ2v) is 4.36. The number of benzene rings is 1. The van der Waals surface area contributed by atoms with E-state index in [0.29, 0.717) is 19.6 Å². The first kappa shape index (κ1) is 14.5. The van der Waals surface area contributed by atoms with E-state index in [1.807, 2.05) is 45.2 Å². The third kappa shape index (κ3) is 4.04. The third-order valence-corrected chi connectivity index (χ3v) is 3.00. The van der Waals surface area contributed by atoms with E-state index in [-0.39, 0.29) is 0 Å². The van der Waals surface area contributed by atoms with Crippen LogP contribution in [0.4, 0.5) is 0 Å². The molecule has 0 amide bonds. The molecule has 0 spiro atoms. The lowest BCUT2D eigenvalue weighted by molar-refractivity contribution is -0.143. The predicted octanol–water partition coefficient (Wildman–Crippen LogP) is 2.17. The van der Waals surface area contributed by atoms with Gasteiger partial charge in [0.05, 0.1) is 0 Å². The highest BCUT2D eigenvalue weighted by molar-refractivity contribution is 5.73. The van der Waals surface area contributed by atoms with Crippen molar-refractivity contribution in [3.05, 3.63) is 29.8 Å². The first-order valence-corrected chi connectivity index (χ1v) is 6.17. The average molecular weight is 251 g/mol.